The third-order valence-corrected chi connectivity index (χ3v) is 5.70. The number of piperidine rings is 1. The molecule has 6 heteroatoms. The van der Waals surface area contributed by atoms with Crippen LogP contribution in [0.4, 0.5) is 10.5 Å². The lowest BCUT2D eigenvalue weighted by Crippen LogP contribution is -2.62. The molecule has 1 aromatic carbocycles. The largest absolute Gasteiger partial charge is 0.322 e. The number of carbonyl (C=O) groups is 1. The second-order valence-electron chi connectivity index (χ2n) is 7.32. The van der Waals surface area contributed by atoms with Crippen LogP contribution in [0.5, 0.6) is 0 Å². The van der Waals surface area contributed by atoms with Gasteiger partial charge in [0.1, 0.15) is 0 Å². The summed E-state index contributed by atoms with van der Waals surface area (Å²) < 4.78 is 1.74. The van der Waals surface area contributed by atoms with E-state index >= 15 is 0 Å². The Kier molecular flexibility index (Phi) is 3.45. The summed E-state index contributed by atoms with van der Waals surface area (Å²) in [6.45, 7) is 2.07. The summed E-state index contributed by atoms with van der Waals surface area (Å²) in [6, 6.07) is 8.95. The number of carbonyl (C=O) groups excluding carboxylic acids is 1. The molecule has 2 aliphatic heterocycles. The minimum absolute atomic E-state index is 0.0302. The van der Waals surface area contributed by atoms with Gasteiger partial charge >= 0.3 is 6.03 Å². The predicted octanol–water partition coefficient (Wildman–Crippen LogP) is 3.86. The Bertz CT molecular complexity index is 981. The van der Waals surface area contributed by atoms with E-state index in [1.54, 1.807) is 10.7 Å². The molecule has 2 fully saturated rings. The highest BCUT2D eigenvalue weighted by molar-refractivity contribution is 5.91. The van der Waals surface area contributed by atoms with Crippen molar-refractivity contribution in [3.63, 3.8) is 0 Å². The Balaban J connectivity index is 1.42. The molecule has 26 heavy (non-hydrogen) atoms. The number of urea groups is 1. The number of nitrogens with one attached hydrogen (secondary N) is 1. The molecule has 2 saturated heterocycles. The van der Waals surface area contributed by atoms with Gasteiger partial charge in [0.25, 0.3) is 0 Å². The first-order chi connectivity index (χ1) is 12.7. The molecule has 0 aliphatic carbocycles. The van der Waals surface area contributed by atoms with Crippen LogP contribution in [-0.4, -0.2) is 37.6 Å². The average Bonchev–Trinajstić information content (AvgIpc) is 3.11. The number of anilines is 1. The molecule has 5 rings (SSSR count). The number of imidazole rings is 1. The van der Waals surface area contributed by atoms with Gasteiger partial charge in [0.05, 0.1) is 6.20 Å². The van der Waals surface area contributed by atoms with Crippen LogP contribution in [0.25, 0.3) is 16.8 Å². The van der Waals surface area contributed by atoms with Crippen molar-refractivity contribution in [3.05, 3.63) is 48.4 Å². The van der Waals surface area contributed by atoms with E-state index in [-0.39, 0.29) is 6.03 Å². The molecule has 0 radical (unpaired) electrons. The lowest BCUT2D eigenvalue weighted by atomic mass is 9.80. The summed E-state index contributed by atoms with van der Waals surface area (Å²) in [4.78, 5) is 19.0. The van der Waals surface area contributed by atoms with Gasteiger partial charge in [-0.15, -0.1) is 0 Å². The lowest BCUT2D eigenvalue weighted by molar-refractivity contribution is 0.0173. The summed E-state index contributed by atoms with van der Waals surface area (Å²) in [5, 5.41) is 7.48. The van der Waals surface area contributed by atoms with Crippen molar-refractivity contribution < 1.29 is 4.79 Å². The topological polar surface area (TPSA) is 62.5 Å². The van der Waals surface area contributed by atoms with Gasteiger partial charge in [0, 0.05) is 35.7 Å². The first-order valence-electron chi connectivity index (χ1n) is 9.19. The van der Waals surface area contributed by atoms with Crippen LogP contribution in [0.15, 0.2) is 42.9 Å². The number of fused-ring (bicyclic) bond motifs is 3. The van der Waals surface area contributed by atoms with E-state index in [4.69, 9.17) is 0 Å². The molecule has 0 spiro atoms. The number of hydrogen-bond donors (Lipinski definition) is 1. The summed E-state index contributed by atoms with van der Waals surface area (Å²) in [5.74, 6) is 0. The number of benzene rings is 1. The Morgan fingerprint density at radius 2 is 2.08 bits per heavy atom. The van der Waals surface area contributed by atoms with Crippen LogP contribution in [0.1, 0.15) is 31.2 Å². The van der Waals surface area contributed by atoms with Crippen molar-refractivity contribution >= 4 is 17.4 Å². The number of rotatable bonds is 2. The van der Waals surface area contributed by atoms with Crippen molar-refractivity contribution in [2.75, 3.05) is 5.32 Å². The highest BCUT2D eigenvalue weighted by atomic mass is 16.2. The van der Waals surface area contributed by atoms with Gasteiger partial charge in [0.2, 0.25) is 0 Å². The molecular weight excluding hydrogens is 326 g/mol. The maximum absolute atomic E-state index is 12.7. The first kappa shape index (κ1) is 15.4. The molecule has 2 amide bonds. The molecule has 132 valence electrons. The van der Waals surface area contributed by atoms with Gasteiger partial charge in [-0.05, 0) is 61.9 Å². The Hall–Kier alpha value is -2.89. The Morgan fingerprint density at radius 1 is 1.23 bits per heavy atom. The molecule has 2 aromatic heterocycles. The number of aryl methyl sites for hydroxylation is 1. The highest BCUT2D eigenvalue weighted by Crippen LogP contribution is 2.38. The molecule has 4 heterocycles. The fourth-order valence-corrected chi connectivity index (χ4v) is 4.29. The lowest BCUT2D eigenvalue weighted by Gasteiger charge is -2.52. The van der Waals surface area contributed by atoms with Gasteiger partial charge in [-0.3, -0.25) is 0 Å². The standard InChI is InChI=1S/C20H21N5O/c1-13-5-6-15(23-20(26)25-16-3-2-4-17(25)11-16)10-18(13)14-9-19-21-7-8-24(19)22-12-14/h5-10,12,16-17H,2-4,11H2,1H3,(H,23,26). The van der Waals surface area contributed by atoms with E-state index in [1.807, 2.05) is 41.6 Å². The normalized spacial score (nSPS) is 21.5. The van der Waals surface area contributed by atoms with Crippen LogP contribution in [-0.2, 0) is 0 Å². The van der Waals surface area contributed by atoms with Gasteiger partial charge in [-0.1, -0.05) is 6.07 Å². The van der Waals surface area contributed by atoms with Crippen molar-refractivity contribution in [1.82, 2.24) is 19.5 Å². The summed E-state index contributed by atoms with van der Waals surface area (Å²) in [7, 11) is 0. The number of amides is 2. The summed E-state index contributed by atoms with van der Waals surface area (Å²) in [6.07, 6.45) is 10.1. The Labute approximate surface area is 151 Å². The predicted molar refractivity (Wildman–Crippen MR) is 100 cm³/mol. The minimum atomic E-state index is 0.0302. The monoisotopic (exact) mass is 347 g/mol. The van der Waals surface area contributed by atoms with E-state index in [9.17, 15) is 4.79 Å². The minimum Gasteiger partial charge on any atom is -0.318 e. The molecule has 2 atom stereocenters. The molecule has 2 aliphatic rings. The van der Waals surface area contributed by atoms with E-state index in [0.29, 0.717) is 12.1 Å². The quantitative estimate of drug-likeness (QED) is 0.765. The SMILES string of the molecule is Cc1ccc(NC(=O)N2C3CCCC2C3)cc1-c1cnn2ccnc2c1. The van der Waals surface area contributed by atoms with Gasteiger partial charge < -0.3 is 10.2 Å². The van der Waals surface area contributed by atoms with E-state index < -0.39 is 0 Å². The molecule has 3 aromatic rings. The fourth-order valence-electron chi connectivity index (χ4n) is 4.29. The molecule has 0 saturated carbocycles. The van der Waals surface area contributed by atoms with Crippen LogP contribution >= 0.6 is 0 Å². The number of hydrogen-bond acceptors (Lipinski definition) is 3. The van der Waals surface area contributed by atoms with E-state index in [1.165, 1.54) is 12.8 Å². The molecule has 6 nitrogen and oxygen atoms in total. The average molecular weight is 347 g/mol. The van der Waals surface area contributed by atoms with Gasteiger partial charge in [-0.2, -0.15) is 5.10 Å². The van der Waals surface area contributed by atoms with Crippen LogP contribution in [0.2, 0.25) is 0 Å². The van der Waals surface area contributed by atoms with E-state index in [0.717, 1.165) is 40.9 Å². The van der Waals surface area contributed by atoms with Crippen molar-refractivity contribution in [3.8, 4) is 11.1 Å². The fraction of sp³-hybridized carbons (Fsp3) is 0.350. The molecule has 2 unspecified atom stereocenters. The van der Waals surface area contributed by atoms with Crippen molar-refractivity contribution in [2.24, 2.45) is 0 Å². The molecule has 2 bridgehead atoms. The van der Waals surface area contributed by atoms with E-state index in [2.05, 4.69) is 22.3 Å². The molecular formula is C20H21N5O. The van der Waals surface area contributed by atoms with Crippen LogP contribution in [0, 0.1) is 6.92 Å². The second-order valence-corrected chi connectivity index (χ2v) is 7.32. The van der Waals surface area contributed by atoms with Crippen LogP contribution in [0.3, 0.4) is 0 Å². The first-order valence-corrected chi connectivity index (χ1v) is 9.19. The summed E-state index contributed by atoms with van der Waals surface area (Å²) in [5.41, 5.74) is 4.83. The van der Waals surface area contributed by atoms with Crippen molar-refractivity contribution in [2.45, 2.75) is 44.7 Å². The smallest absolute Gasteiger partial charge is 0.318 e. The molecule has 1 N–H and O–H groups in total. The number of nitrogens with zero attached hydrogens (tertiary/aromatic N) is 4. The van der Waals surface area contributed by atoms with Gasteiger partial charge in [-0.25, -0.2) is 14.3 Å². The maximum Gasteiger partial charge on any atom is 0.322 e. The number of aromatic nitrogens is 3. The zero-order chi connectivity index (χ0) is 17.7. The highest BCUT2D eigenvalue weighted by Gasteiger charge is 2.44. The second kappa shape index (κ2) is 5.83. The Morgan fingerprint density at radius 3 is 2.88 bits per heavy atom. The maximum atomic E-state index is 12.7. The third kappa shape index (κ3) is 2.44. The summed E-state index contributed by atoms with van der Waals surface area (Å²) >= 11 is 0. The van der Waals surface area contributed by atoms with Crippen LogP contribution < -0.4 is 5.32 Å². The van der Waals surface area contributed by atoms with Gasteiger partial charge in [0.15, 0.2) is 5.65 Å². The third-order valence-electron chi connectivity index (χ3n) is 5.70. The van der Waals surface area contributed by atoms with Crippen molar-refractivity contribution in [1.29, 1.82) is 0 Å². The zero-order valence-electron chi connectivity index (χ0n) is 14.7. The zero-order valence-corrected chi connectivity index (χ0v) is 14.7.